The van der Waals surface area contributed by atoms with Gasteiger partial charge in [-0.2, -0.15) is 0 Å². The lowest BCUT2D eigenvalue weighted by Gasteiger charge is -2.26. The van der Waals surface area contributed by atoms with Crippen LogP contribution in [0, 0.1) is 5.92 Å². The van der Waals surface area contributed by atoms with Crippen LogP contribution in [0.15, 0.2) is 23.1 Å². The first-order valence-electron chi connectivity index (χ1n) is 6.38. The van der Waals surface area contributed by atoms with Crippen LogP contribution in [0.2, 0.25) is 5.02 Å². The molecule has 1 N–H and O–H groups in total. The van der Waals surface area contributed by atoms with Crippen LogP contribution >= 0.6 is 23.4 Å². The lowest BCUT2D eigenvalue weighted by Crippen LogP contribution is -2.30. The first-order chi connectivity index (χ1) is 8.65. The Morgan fingerprint density at radius 3 is 2.83 bits per heavy atom. The number of hydrogen-bond donors (Lipinski definition) is 1. The highest BCUT2D eigenvalue weighted by Gasteiger charge is 2.20. The normalized spacial score (nSPS) is 16.0. The van der Waals surface area contributed by atoms with Gasteiger partial charge in [0.25, 0.3) is 0 Å². The fourth-order valence-electron chi connectivity index (χ4n) is 1.76. The van der Waals surface area contributed by atoms with Crippen LogP contribution in [0.1, 0.15) is 19.4 Å². The van der Waals surface area contributed by atoms with Gasteiger partial charge in [-0.3, -0.25) is 0 Å². The van der Waals surface area contributed by atoms with Crippen LogP contribution in [0.3, 0.4) is 0 Å². The first-order valence-corrected chi connectivity index (χ1v) is 7.64. The van der Waals surface area contributed by atoms with Gasteiger partial charge in [0.1, 0.15) is 0 Å². The molecule has 1 aromatic carbocycles. The topological polar surface area (TPSA) is 21.3 Å². The van der Waals surface area contributed by atoms with Gasteiger partial charge >= 0.3 is 0 Å². The molecular weight excluding hydrogens is 266 g/mol. The highest BCUT2D eigenvalue weighted by atomic mass is 35.5. The second-order valence-electron chi connectivity index (χ2n) is 5.05. The van der Waals surface area contributed by atoms with E-state index >= 15 is 0 Å². The Labute approximate surface area is 118 Å². The maximum absolute atomic E-state index is 6.08. The Bertz CT molecular complexity index is 393. The third-order valence-corrected chi connectivity index (χ3v) is 4.28. The van der Waals surface area contributed by atoms with Gasteiger partial charge in [-0.1, -0.05) is 25.4 Å². The summed E-state index contributed by atoms with van der Waals surface area (Å²) in [4.78, 5) is 1.32. The van der Waals surface area contributed by atoms with E-state index < -0.39 is 0 Å². The molecule has 18 heavy (non-hydrogen) atoms. The van der Waals surface area contributed by atoms with Crippen LogP contribution < -0.4 is 5.32 Å². The maximum atomic E-state index is 6.08. The minimum Gasteiger partial charge on any atom is -0.379 e. The highest BCUT2D eigenvalue weighted by Crippen LogP contribution is 2.32. The summed E-state index contributed by atoms with van der Waals surface area (Å²) in [6.07, 6.45) is 0. The van der Waals surface area contributed by atoms with E-state index in [-0.39, 0.29) is 0 Å². The zero-order valence-electron chi connectivity index (χ0n) is 10.9. The zero-order chi connectivity index (χ0) is 13.0. The number of rotatable bonds is 6. The fourth-order valence-corrected chi connectivity index (χ4v) is 3.07. The van der Waals surface area contributed by atoms with Crippen molar-refractivity contribution < 1.29 is 4.74 Å². The van der Waals surface area contributed by atoms with Crippen molar-refractivity contribution in [2.75, 3.05) is 19.8 Å². The van der Waals surface area contributed by atoms with Crippen molar-refractivity contribution in [3.8, 4) is 0 Å². The molecule has 1 aliphatic heterocycles. The van der Waals surface area contributed by atoms with Gasteiger partial charge in [0.15, 0.2) is 0 Å². The quantitative estimate of drug-likeness (QED) is 0.863. The van der Waals surface area contributed by atoms with Crippen molar-refractivity contribution in [2.24, 2.45) is 5.92 Å². The average Bonchev–Trinajstić information content (AvgIpc) is 2.25. The number of benzene rings is 1. The summed E-state index contributed by atoms with van der Waals surface area (Å²) in [5.74, 6) is 0.667. The molecule has 0 unspecified atom stereocenters. The molecule has 0 radical (unpaired) electrons. The molecule has 1 heterocycles. The van der Waals surface area contributed by atoms with Crippen molar-refractivity contribution in [3.63, 3.8) is 0 Å². The number of hydrogen-bond acceptors (Lipinski definition) is 3. The Morgan fingerprint density at radius 1 is 1.44 bits per heavy atom. The van der Waals surface area contributed by atoms with E-state index in [2.05, 4.69) is 31.3 Å². The summed E-state index contributed by atoms with van der Waals surface area (Å²) in [6.45, 7) is 8.08. The van der Waals surface area contributed by atoms with Gasteiger partial charge in [0.2, 0.25) is 0 Å². The molecule has 0 aliphatic carbocycles. The summed E-state index contributed by atoms with van der Waals surface area (Å²) in [7, 11) is 0. The van der Waals surface area contributed by atoms with Crippen LogP contribution in [0.4, 0.5) is 0 Å². The predicted molar refractivity (Wildman–Crippen MR) is 78.5 cm³/mol. The average molecular weight is 286 g/mol. The summed E-state index contributed by atoms with van der Waals surface area (Å²) in [5.41, 5.74) is 1.29. The molecular formula is C14H20ClNOS. The molecule has 0 aromatic heterocycles. The van der Waals surface area contributed by atoms with Crippen LogP contribution in [-0.2, 0) is 11.3 Å². The van der Waals surface area contributed by atoms with Gasteiger partial charge in [-0.25, -0.2) is 0 Å². The van der Waals surface area contributed by atoms with Crippen LogP contribution in [0.25, 0.3) is 0 Å². The van der Waals surface area contributed by atoms with Crippen LogP contribution in [0.5, 0.6) is 0 Å². The number of ether oxygens (including phenoxy) is 1. The van der Waals surface area contributed by atoms with Gasteiger partial charge in [-0.15, -0.1) is 11.8 Å². The second-order valence-corrected chi connectivity index (χ2v) is 6.83. The lowest BCUT2D eigenvalue weighted by molar-refractivity contribution is 0.0455. The molecule has 0 amide bonds. The lowest BCUT2D eigenvalue weighted by atomic mass is 10.2. The molecule has 1 aromatic rings. The molecule has 1 fully saturated rings. The molecule has 2 rings (SSSR count). The Hall–Kier alpha value is -0.220. The van der Waals surface area contributed by atoms with E-state index in [1.807, 2.05) is 17.8 Å². The monoisotopic (exact) mass is 285 g/mol. The van der Waals surface area contributed by atoms with Crippen molar-refractivity contribution in [1.82, 2.24) is 5.32 Å². The van der Waals surface area contributed by atoms with Crippen LogP contribution in [-0.4, -0.2) is 25.0 Å². The largest absolute Gasteiger partial charge is 0.379 e. The third-order valence-electron chi connectivity index (χ3n) is 2.79. The van der Waals surface area contributed by atoms with Crippen molar-refractivity contribution in [3.05, 3.63) is 28.8 Å². The van der Waals surface area contributed by atoms with E-state index in [1.54, 1.807) is 0 Å². The molecule has 1 aliphatic rings. The molecule has 1 saturated heterocycles. The molecule has 0 atom stereocenters. The van der Waals surface area contributed by atoms with E-state index in [0.717, 1.165) is 31.3 Å². The van der Waals surface area contributed by atoms with Crippen molar-refractivity contribution >= 4 is 23.4 Å². The van der Waals surface area contributed by atoms with E-state index in [1.165, 1.54) is 10.5 Å². The van der Waals surface area contributed by atoms with Gasteiger partial charge in [0, 0.05) is 16.5 Å². The smallest absolute Gasteiger partial charge is 0.0611 e. The maximum Gasteiger partial charge on any atom is 0.0611 e. The molecule has 100 valence electrons. The predicted octanol–water partition coefficient (Wildman–Crippen LogP) is 3.58. The van der Waals surface area contributed by atoms with Crippen molar-refractivity contribution in [1.29, 1.82) is 0 Å². The van der Waals surface area contributed by atoms with E-state index in [0.29, 0.717) is 11.2 Å². The molecule has 2 nitrogen and oxygen atoms in total. The zero-order valence-corrected chi connectivity index (χ0v) is 12.5. The summed E-state index contributed by atoms with van der Waals surface area (Å²) in [5, 5.41) is 4.89. The summed E-state index contributed by atoms with van der Waals surface area (Å²) < 4.78 is 5.22. The van der Waals surface area contributed by atoms with Gasteiger partial charge in [-0.05, 0) is 36.2 Å². The van der Waals surface area contributed by atoms with Crippen molar-refractivity contribution in [2.45, 2.75) is 30.5 Å². The minimum atomic E-state index is 0.607. The third kappa shape index (κ3) is 4.16. The molecule has 0 spiro atoms. The van der Waals surface area contributed by atoms with E-state index in [4.69, 9.17) is 16.3 Å². The molecule has 4 heteroatoms. The molecule has 0 saturated carbocycles. The molecule has 0 bridgehead atoms. The Morgan fingerprint density at radius 2 is 2.22 bits per heavy atom. The van der Waals surface area contributed by atoms with Gasteiger partial charge < -0.3 is 10.1 Å². The fraction of sp³-hybridized carbons (Fsp3) is 0.571. The number of halogens is 1. The summed E-state index contributed by atoms with van der Waals surface area (Å²) >= 11 is 7.98. The van der Waals surface area contributed by atoms with Gasteiger partial charge in [0.05, 0.1) is 18.5 Å². The number of nitrogens with one attached hydrogen (secondary N) is 1. The second kappa shape index (κ2) is 6.80. The Balaban J connectivity index is 1.98. The first kappa shape index (κ1) is 14.2. The SMILES string of the molecule is CC(C)CNCc1cc(Cl)ccc1SC1COC1. The number of thioether (sulfide) groups is 1. The summed E-state index contributed by atoms with van der Waals surface area (Å²) in [6, 6.07) is 6.16. The highest BCUT2D eigenvalue weighted by molar-refractivity contribution is 8.00. The van der Waals surface area contributed by atoms with E-state index in [9.17, 15) is 0 Å². The minimum absolute atomic E-state index is 0.607. The standard InChI is InChI=1S/C14H20ClNOS/c1-10(2)6-16-7-11-5-12(15)3-4-14(11)18-13-8-17-9-13/h3-5,10,13,16H,6-9H2,1-2H3. The Kier molecular flexibility index (Phi) is 5.37.